The van der Waals surface area contributed by atoms with Gasteiger partial charge in [-0.1, -0.05) is 91.4 Å². The van der Waals surface area contributed by atoms with Crippen LogP contribution in [0.1, 0.15) is 124 Å². The Morgan fingerprint density at radius 1 is 0.643 bits per heavy atom. The molecular formula is C24H46O4. The molecule has 0 aliphatic rings. The SMILES string of the molecule is CCCCCCCCCCCCOC(=O)CCCCCC(=O)OCC(C)CC. The van der Waals surface area contributed by atoms with Crippen LogP contribution >= 0.6 is 0 Å². The van der Waals surface area contributed by atoms with Crippen LogP contribution in [0.3, 0.4) is 0 Å². The summed E-state index contributed by atoms with van der Waals surface area (Å²) in [6.07, 6.45) is 17.2. The molecule has 166 valence electrons. The van der Waals surface area contributed by atoms with E-state index < -0.39 is 0 Å². The number of rotatable bonds is 20. The second-order valence-electron chi connectivity index (χ2n) is 8.16. The van der Waals surface area contributed by atoms with E-state index in [1.807, 2.05) is 0 Å². The lowest BCUT2D eigenvalue weighted by molar-refractivity contribution is -0.145. The molecule has 0 aliphatic carbocycles. The van der Waals surface area contributed by atoms with Crippen LogP contribution in [0.2, 0.25) is 0 Å². The maximum atomic E-state index is 11.7. The fraction of sp³-hybridized carbons (Fsp3) is 0.917. The minimum atomic E-state index is -0.121. The van der Waals surface area contributed by atoms with Gasteiger partial charge in [0.05, 0.1) is 13.2 Å². The molecule has 0 saturated heterocycles. The summed E-state index contributed by atoms with van der Waals surface area (Å²) in [5.74, 6) is 0.202. The maximum absolute atomic E-state index is 11.7. The number of ether oxygens (including phenoxy) is 2. The van der Waals surface area contributed by atoms with Crippen LogP contribution in [0, 0.1) is 5.92 Å². The molecule has 0 fully saturated rings. The monoisotopic (exact) mass is 398 g/mol. The van der Waals surface area contributed by atoms with Gasteiger partial charge in [0, 0.05) is 12.8 Å². The van der Waals surface area contributed by atoms with E-state index in [0.29, 0.717) is 32.0 Å². The predicted molar refractivity (Wildman–Crippen MR) is 116 cm³/mol. The van der Waals surface area contributed by atoms with Gasteiger partial charge in [-0.3, -0.25) is 9.59 Å². The highest BCUT2D eigenvalue weighted by atomic mass is 16.5. The molecule has 0 aromatic heterocycles. The third-order valence-electron chi connectivity index (χ3n) is 5.25. The second kappa shape index (κ2) is 20.7. The standard InChI is InChI=1S/C24H46O4/c1-4-6-7-8-9-10-11-12-13-17-20-27-23(25)18-15-14-16-19-24(26)28-21-22(3)5-2/h22H,4-21H2,1-3H3. The van der Waals surface area contributed by atoms with E-state index in [4.69, 9.17) is 9.47 Å². The molecular weight excluding hydrogens is 352 g/mol. The molecule has 1 atom stereocenters. The van der Waals surface area contributed by atoms with Crippen molar-refractivity contribution in [1.29, 1.82) is 0 Å². The fourth-order valence-electron chi connectivity index (χ4n) is 2.99. The van der Waals surface area contributed by atoms with Gasteiger partial charge in [-0.25, -0.2) is 0 Å². The zero-order chi connectivity index (χ0) is 20.9. The van der Waals surface area contributed by atoms with Crippen molar-refractivity contribution in [2.75, 3.05) is 13.2 Å². The summed E-state index contributed by atoms with van der Waals surface area (Å²) in [6.45, 7) is 7.49. The topological polar surface area (TPSA) is 52.6 Å². The highest BCUT2D eigenvalue weighted by Crippen LogP contribution is 2.11. The molecule has 28 heavy (non-hydrogen) atoms. The first-order valence-corrected chi connectivity index (χ1v) is 11.9. The largest absolute Gasteiger partial charge is 0.466 e. The average molecular weight is 399 g/mol. The summed E-state index contributed by atoms with van der Waals surface area (Å²) in [7, 11) is 0. The lowest BCUT2D eigenvalue weighted by Crippen LogP contribution is -2.11. The molecule has 0 radical (unpaired) electrons. The van der Waals surface area contributed by atoms with Crippen molar-refractivity contribution in [2.24, 2.45) is 5.92 Å². The number of unbranched alkanes of at least 4 members (excludes halogenated alkanes) is 11. The molecule has 0 rings (SSSR count). The third-order valence-corrected chi connectivity index (χ3v) is 5.25. The average Bonchev–Trinajstić information content (AvgIpc) is 2.69. The van der Waals surface area contributed by atoms with Gasteiger partial charge in [0.2, 0.25) is 0 Å². The highest BCUT2D eigenvalue weighted by molar-refractivity contribution is 5.69. The first-order chi connectivity index (χ1) is 13.6. The first kappa shape index (κ1) is 26.9. The molecule has 0 saturated carbocycles. The van der Waals surface area contributed by atoms with E-state index >= 15 is 0 Å². The van der Waals surface area contributed by atoms with Crippen LogP contribution in [-0.2, 0) is 19.1 Å². The molecule has 0 aromatic carbocycles. The van der Waals surface area contributed by atoms with Crippen LogP contribution < -0.4 is 0 Å². The Hall–Kier alpha value is -1.06. The molecule has 0 N–H and O–H groups in total. The van der Waals surface area contributed by atoms with Gasteiger partial charge in [0.15, 0.2) is 0 Å². The van der Waals surface area contributed by atoms with Gasteiger partial charge in [-0.05, 0) is 25.2 Å². The quantitative estimate of drug-likeness (QED) is 0.164. The highest BCUT2D eigenvalue weighted by Gasteiger charge is 2.07. The van der Waals surface area contributed by atoms with Gasteiger partial charge in [0.1, 0.15) is 0 Å². The molecule has 1 unspecified atom stereocenters. The van der Waals surface area contributed by atoms with E-state index in [-0.39, 0.29) is 11.9 Å². The molecule has 0 bridgehead atoms. The van der Waals surface area contributed by atoms with E-state index in [2.05, 4.69) is 20.8 Å². The molecule has 0 aromatic rings. The van der Waals surface area contributed by atoms with Crippen molar-refractivity contribution in [3.63, 3.8) is 0 Å². The zero-order valence-electron chi connectivity index (χ0n) is 18.9. The van der Waals surface area contributed by atoms with Crippen LogP contribution in [0.15, 0.2) is 0 Å². The zero-order valence-corrected chi connectivity index (χ0v) is 18.9. The van der Waals surface area contributed by atoms with Gasteiger partial charge < -0.3 is 9.47 Å². The number of hydrogen-bond acceptors (Lipinski definition) is 4. The van der Waals surface area contributed by atoms with E-state index in [1.165, 1.54) is 51.4 Å². The summed E-state index contributed by atoms with van der Waals surface area (Å²) in [5, 5.41) is 0. The summed E-state index contributed by atoms with van der Waals surface area (Å²) in [6, 6.07) is 0. The Morgan fingerprint density at radius 2 is 1.11 bits per heavy atom. The van der Waals surface area contributed by atoms with Crippen molar-refractivity contribution >= 4 is 11.9 Å². The lowest BCUT2D eigenvalue weighted by atomic mass is 10.1. The molecule has 4 nitrogen and oxygen atoms in total. The summed E-state index contributed by atoms with van der Waals surface area (Å²) < 4.78 is 10.5. The minimum Gasteiger partial charge on any atom is -0.466 e. The Bertz CT molecular complexity index is 368. The maximum Gasteiger partial charge on any atom is 0.305 e. The first-order valence-electron chi connectivity index (χ1n) is 11.9. The smallest absolute Gasteiger partial charge is 0.305 e. The molecule has 4 heteroatoms. The van der Waals surface area contributed by atoms with Crippen LogP contribution in [-0.4, -0.2) is 25.2 Å². The van der Waals surface area contributed by atoms with Gasteiger partial charge >= 0.3 is 11.9 Å². The minimum absolute atomic E-state index is 0.102. The summed E-state index contributed by atoms with van der Waals surface area (Å²) >= 11 is 0. The number of carbonyl (C=O) groups is 2. The predicted octanol–water partition coefficient (Wildman–Crippen LogP) is 6.99. The Kier molecular flexibility index (Phi) is 19.9. The van der Waals surface area contributed by atoms with E-state index in [0.717, 1.165) is 38.5 Å². The van der Waals surface area contributed by atoms with Crippen molar-refractivity contribution in [3.05, 3.63) is 0 Å². The van der Waals surface area contributed by atoms with Crippen LogP contribution in [0.4, 0.5) is 0 Å². The lowest BCUT2D eigenvalue weighted by Gasteiger charge is -2.09. The number of esters is 2. The molecule has 0 spiro atoms. The Balaban J connectivity index is 3.30. The summed E-state index contributed by atoms with van der Waals surface area (Å²) in [5.41, 5.74) is 0. The van der Waals surface area contributed by atoms with Gasteiger partial charge in [0.25, 0.3) is 0 Å². The van der Waals surface area contributed by atoms with Crippen LogP contribution in [0.25, 0.3) is 0 Å². The number of hydrogen-bond donors (Lipinski definition) is 0. The van der Waals surface area contributed by atoms with E-state index in [1.54, 1.807) is 0 Å². The van der Waals surface area contributed by atoms with Crippen molar-refractivity contribution in [1.82, 2.24) is 0 Å². The van der Waals surface area contributed by atoms with E-state index in [9.17, 15) is 9.59 Å². The molecule has 0 amide bonds. The van der Waals surface area contributed by atoms with Gasteiger partial charge in [-0.15, -0.1) is 0 Å². The summed E-state index contributed by atoms with van der Waals surface area (Å²) in [4.78, 5) is 23.3. The Labute approximate surface area is 174 Å². The molecule has 0 heterocycles. The third kappa shape index (κ3) is 19.7. The Morgan fingerprint density at radius 3 is 1.64 bits per heavy atom. The van der Waals surface area contributed by atoms with Crippen molar-refractivity contribution < 1.29 is 19.1 Å². The van der Waals surface area contributed by atoms with Crippen molar-refractivity contribution in [3.8, 4) is 0 Å². The second-order valence-corrected chi connectivity index (χ2v) is 8.16. The van der Waals surface area contributed by atoms with Crippen LogP contribution in [0.5, 0.6) is 0 Å². The number of carbonyl (C=O) groups excluding carboxylic acids is 2. The van der Waals surface area contributed by atoms with Crippen molar-refractivity contribution in [2.45, 2.75) is 124 Å². The van der Waals surface area contributed by atoms with Gasteiger partial charge in [-0.2, -0.15) is 0 Å². The fourth-order valence-corrected chi connectivity index (χ4v) is 2.99. The normalized spacial score (nSPS) is 12.0. The molecule has 0 aliphatic heterocycles.